The highest BCUT2D eigenvalue weighted by molar-refractivity contribution is 9.10. The van der Waals surface area contributed by atoms with Gasteiger partial charge in [0, 0.05) is 11.6 Å². The average molecular weight is 363 g/mol. The van der Waals surface area contributed by atoms with E-state index >= 15 is 0 Å². The summed E-state index contributed by atoms with van der Waals surface area (Å²) in [5.74, 6) is 1.74. The van der Waals surface area contributed by atoms with Gasteiger partial charge < -0.3 is 4.98 Å². The minimum absolute atomic E-state index is 0.335. The molecule has 0 radical (unpaired) electrons. The van der Waals surface area contributed by atoms with Crippen LogP contribution < -0.4 is 0 Å². The van der Waals surface area contributed by atoms with Crippen LogP contribution in [-0.2, 0) is 6.42 Å². The Morgan fingerprint density at radius 2 is 2.10 bits per heavy atom. The fraction of sp³-hybridized carbons (Fsp3) is 0.412. The first-order valence-corrected chi connectivity index (χ1v) is 8.65. The molecule has 2 aromatic rings. The number of halogens is 1. The first-order chi connectivity index (χ1) is 10.1. The molecule has 1 unspecified atom stereocenters. The van der Waals surface area contributed by atoms with Crippen molar-refractivity contribution in [1.29, 1.82) is 0 Å². The van der Waals surface area contributed by atoms with Gasteiger partial charge in [-0.25, -0.2) is 4.98 Å². The van der Waals surface area contributed by atoms with Crippen molar-refractivity contribution >= 4 is 28.1 Å². The molecule has 3 rings (SSSR count). The molecular formula is C17H19BrN2S. The molecule has 1 aliphatic carbocycles. The third-order valence-corrected chi connectivity index (χ3v) is 5.55. The number of aromatic amines is 1. The first kappa shape index (κ1) is 14.9. The number of rotatable bonds is 2. The van der Waals surface area contributed by atoms with Crippen molar-refractivity contribution in [3.63, 3.8) is 0 Å². The predicted octanol–water partition coefficient (Wildman–Crippen LogP) is 5.49. The number of hydrogen-bond acceptors (Lipinski definition) is 2. The Labute approximate surface area is 139 Å². The molecule has 0 spiro atoms. The van der Waals surface area contributed by atoms with Crippen LogP contribution in [0, 0.1) is 4.64 Å². The average Bonchev–Trinajstić information content (AvgIpc) is 2.49. The minimum Gasteiger partial charge on any atom is -0.345 e. The Morgan fingerprint density at radius 1 is 1.33 bits per heavy atom. The lowest BCUT2D eigenvalue weighted by molar-refractivity contribution is 0.583. The van der Waals surface area contributed by atoms with Gasteiger partial charge in [0.05, 0.1) is 4.47 Å². The molecule has 1 atom stereocenters. The standard InChI is InChI=1S/C17H19BrN2S/c1-10(2)15-14(18)17(21)20-16(19-15)13-9-5-7-11-6-3-4-8-12(11)13/h3-4,6,8,10,13H,5,7,9H2,1-2H3,(H,19,20,21). The Morgan fingerprint density at radius 3 is 2.86 bits per heavy atom. The Hall–Kier alpha value is -1.00. The first-order valence-electron chi connectivity index (χ1n) is 7.45. The topological polar surface area (TPSA) is 28.7 Å². The molecular weight excluding hydrogens is 344 g/mol. The maximum atomic E-state index is 5.44. The second kappa shape index (κ2) is 6.01. The highest BCUT2D eigenvalue weighted by Gasteiger charge is 2.24. The van der Waals surface area contributed by atoms with Gasteiger partial charge in [0.15, 0.2) is 0 Å². The lowest BCUT2D eigenvalue weighted by Crippen LogP contribution is -2.15. The number of benzene rings is 1. The van der Waals surface area contributed by atoms with Crippen molar-refractivity contribution in [2.45, 2.75) is 44.9 Å². The molecule has 0 saturated carbocycles. The molecule has 1 aromatic heterocycles. The van der Waals surface area contributed by atoms with Crippen LogP contribution in [0.15, 0.2) is 28.7 Å². The van der Waals surface area contributed by atoms with Crippen molar-refractivity contribution in [3.8, 4) is 0 Å². The minimum atomic E-state index is 0.335. The zero-order chi connectivity index (χ0) is 15.0. The number of aryl methyl sites for hydroxylation is 1. The summed E-state index contributed by atoms with van der Waals surface area (Å²) in [6.07, 6.45) is 3.51. The number of nitrogens with zero attached hydrogens (tertiary/aromatic N) is 1. The SMILES string of the molecule is CC(C)c1[nH]c(C2CCCc3ccccc32)nc(=S)c1Br. The Balaban J connectivity index is 2.12. The van der Waals surface area contributed by atoms with E-state index in [9.17, 15) is 0 Å². The van der Waals surface area contributed by atoms with Crippen LogP contribution in [0.4, 0.5) is 0 Å². The third kappa shape index (κ3) is 2.84. The fourth-order valence-corrected chi connectivity index (χ4v) is 3.95. The highest BCUT2D eigenvalue weighted by Crippen LogP contribution is 2.36. The van der Waals surface area contributed by atoms with Crippen LogP contribution in [0.5, 0.6) is 0 Å². The van der Waals surface area contributed by atoms with Gasteiger partial charge in [0.2, 0.25) is 0 Å². The Bertz CT molecular complexity index is 721. The van der Waals surface area contributed by atoms with E-state index < -0.39 is 0 Å². The number of aromatic nitrogens is 2. The van der Waals surface area contributed by atoms with Crippen LogP contribution in [-0.4, -0.2) is 9.97 Å². The molecule has 21 heavy (non-hydrogen) atoms. The maximum absolute atomic E-state index is 5.44. The van der Waals surface area contributed by atoms with Gasteiger partial charge in [-0.05, 0) is 52.2 Å². The summed E-state index contributed by atoms with van der Waals surface area (Å²) in [6, 6.07) is 8.71. The summed E-state index contributed by atoms with van der Waals surface area (Å²) >= 11 is 9.01. The third-order valence-electron chi connectivity index (χ3n) is 4.19. The fourth-order valence-electron chi connectivity index (χ4n) is 3.10. The molecule has 1 heterocycles. The van der Waals surface area contributed by atoms with Gasteiger partial charge in [-0.15, -0.1) is 0 Å². The predicted molar refractivity (Wildman–Crippen MR) is 92.4 cm³/mol. The Kier molecular flexibility index (Phi) is 4.27. The smallest absolute Gasteiger partial charge is 0.144 e. The summed E-state index contributed by atoms with van der Waals surface area (Å²) in [6.45, 7) is 4.34. The van der Waals surface area contributed by atoms with Crippen LogP contribution >= 0.6 is 28.1 Å². The molecule has 1 aromatic carbocycles. The lowest BCUT2D eigenvalue weighted by Gasteiger charge is -2.25. The second-order valence-corrected chi connectivity index (χ2v) is 7.13. The normalized spacial score (nSPS) is 17.8. The van der Waals surface area contributed by atoms with Gasteiger partial charge in [-0.1, -0.05) is 50.3 Å². The molecule has 4 heteroatoms. The van der Waals surface area contributed by atoms with E-state index in [0.717, 1.165) is 22.4 Å². The maximum Gasteiger partial charge on any atom is 0.144 e. The molecule has 0 aliphatic heterocycles. The molecule has 2 nitrogen and oxygen atoms in total. The van der Waals surface area contributed by atoms with E-state index in [0.29, 0.717) is 16.5 Å². The van der Waals surface area contributed by atoms with Crippen molar-refractivity contribution in [2.24, 2.45) is 0 Å². The molecule has 0 saturated heterocycles. The van der Waals surface area contributed by atoms with E-state index in [1.165, 1.54) is 24.0 Å². The molecule has 0 fully saturated rings. The summed E-state index contributed by atoms with van der Waals surface area (Å²) in [5.41, 5.74) is 4.00. The number of fused-ring (bicyclic) bond motifs is 1. The van der Waals surface area contributed by atoms with Crippen LogP contribution in [0.3, 0.4) is 0 Å². The van der Waals surface area contributed by atoms with Crippen LogP contribution in [0.2, 0.25) is 0 Å². The zero-order valence-corrected chi connectivity index (χ0v) is 14.7. The molecule has 0 amide bonds. The number of nitrogens with one attached hydrogen (secondary N) is 1. The van der Waals surface area contributed by atoms with Crippen LogP contribution in [0.25, 0.3) is 0 Å². The number of H-pyrrole nitrogens is 1. The molecule has 1 N–H and O–H groups in total. The summed E-state index contributed by atoms with van der Waals surface area (Å²) < 4.78 is 1.59. The summed E-state index contributed by atoms with van der Waals surface area (Å²) in [4.78, 5) is 8.19. The van der Waals surface area contributed by atoms with E-state index in [1.54, 1.807) is 0 Å². The van der Waals surface area contributed by atoms with Crippen molar-refractivity contribution < 1.29 is 0 Å². The summed E-state index contributed by atoms with van der Waals surface area (Å²) in [7, 11) is 0. The van der Waals surface area contributed by atoms with Gasteiger partial charge in [0.25, 0.3) is 0 Å². The second-order valence-electron chi connectivity index (χ2n) is 5.95. The van der Waals surface area contributed by atoms with Crippen molar-refractivity contribution in [3.05, 3.63) is 56.0 Å². The van der Waals surface area contributed by atoms with Crippen LogP contribution in [0.1, 0.15) is 61.2 Å². The van der Waals surface area contributed by atoms with Gasteiger partial charge in [0.1, 0.15) is 10.5 Å². The van der Waals surface area contributed by atoms with E-state index in [-0.39, 0.29) is 0 Å². The van der Waals surface area contributed by atoms with E-state index in [1.807, 2.05) is 0 Å². The highest BCUT2D eigenvalue weighted by atomic mass is 79.9. The van der Waals surface area contributed by atoms with Crippen molar-refractivity contribution in [1.82, 2.24) is 9.97 Å². The number of hydrogen-bond donors (Lipinski definition) is 1. The lowest BCUT2D eigenvalue weighted by atomic mass is 9.82. The quantitative estimate of drug-likeness (QED) is 0.715. The van der Waals surface area contributed by atoms with Gasteiger partial charge in [-0.3, -0.25) is 0 Å². The summed E-state index contributed by atoms with van der Waals surface area (Å²) in [5, 5.41) is 0. The zero-order valence-electron chi connectivity index (χ0n) is 12.3. The molecule has 110 valence electrons. The van der Waals surface area contributed by atoms with Gasteiger partial charge >= 0.3 is 0 Å². The van der Waals surface area contributed by atoms with E-state index in [4.69, 9.17) is 12.2 Å². The van der Waals surface area contributed by atoms with Gasteiger partial charge in [-0.2, -0.15) is 0 Å². The van der Waals surface area contributed by atoms with E-state index in [2.05, 4.69) is 64.0 Å². The van der Waals surface area contributed by atoms with Crippen molar-refractivity contribution in [2.75, 3.05) is 0 Å². The monoisotopic (exact) mass is 362 g/mol. The largest absolute Gasteiger partial charge is 0.345 e. The molecule has 0 bridgehead atoms. The molecule has 1 aliphatic rings.